The summed E-state index contributed by atoms with van der Waals surface area (Å²) in [6.45, 7) is 2.04. The molecule has 0 radical (unpaired) electrons. The van der Waals surface area contributed by atoms with Crippen molar-refractivity contribution in [2.75, 3.05) is 26.3 Å². The lowest BCUT2D eigenvalue weighted by Gasteiger charge is -2.16. The quantitative estimate of drug-likeness (QED) is 0.172. The molecule has 0 fully saturated rings. The summed E-state index contributed by atoms with van der Waals surface area (Å²) in [6, 6.07) is 4.15. The topological polar surface area (TPSA) is 185 Å². The van der Waals surface area contributed by atoms with Crippen LogP contribution in [0.5, 0.6) is 11.5 Å². The lowest BCUT2D eigenvalue weighted by Crippen LogP contribution is -2.22. The highest BCUT2D eigenvalue weighted by Crippen LogP contribution is 2.39. The molecule has 2 amide bonds. The molecule has 2 aromatic rings. The SMILES string of the molecule is CC(=O)NCCCOc1cc(S(=O)(=O)O)cc2cc(S(=O)(=O)O)cc(OCCCNC=O)c12. The lowest BCUT2D eigenvalue weighted by atomic mass is 10.1. The Morgan fingerprint density at radius 2 is 1.39 bits per heavy atom. The normalized spacial score (nSPS) is 11.7. The molecule has 12 nitrogen and oxygen atoms in total. The van der Waals surface area contributed by atoms with E-state index in [1.807, 2.05) is 0 Å². The Kier molecular flexibility index (Phi) is 8.99. The molecule has 0 bridgehead atoms. The first-order valence-electron chi connectivity index (χ1n) is 9.67. The van der Waals surface area contributed by atoms with E-state index in [0.29, 0.717) is 32.3 Å². The zero-order valence-electron chi connectivity index (χ0n) is 17.6. The summed E-state index contributed by atoms with van der Waals surface area (Å²) in [4.78, 5) is 20.2. The van der Waals surface area contributed by atoms with Gasteiger partial charge in [-0.2, -0.15) is 16.8 Å². The van der Waals surface area contributed by atoms with Gasteiger partial charge >= 0.3 is 0 Å². The number of amides is 2. The first-order chi connectivity index (χ1) is 15.4. The van der Waals surface area contributed by atoms with Crippen LogP contribution in [0.15, 0.2) is 34.1 Å². The van der Waals surface area contributed by atoms with Gasteiger partial charge in [0.05, 0.1) is 28.4 Å². The Labute approximate surface area is 190 Å². The van der Waals surface area contributed by atoms with Crippen LogP contribution in [0.2, 0.25) is 0 Å². The summed E-state index contributed by atoms with van der Waals surface area (Å²) in [6.07, 6.45) is 1.25. The summed E-state index contributed by atoms with van der Waals surface area (Å²) in [5, 5.41) is 5.24. The number of carbonyl (C=O) groups excluding carboxylic acids is 2. The van der Waals surface area contributed by atoms with Gasteiger partial charge < -0.3 is 20.1 Å². The molecule has 2 rings (SSSR count). The van der Waals surface area contributed by atoms with E-state index in [4.69, 9.17) is 9.47 Å². The average Bonchev–Trinajstić information content (AvgIpc) is 2.71. The molecule has 0 heterocycles. The molecule has 0 saturated heterocycles. The van der Waals surface area contributed by atoms with Crippen molar-refractivity contribution in [1.29, 1.82) is 0 Å². The second-order valence-corrected chi connectivity index (χ2v) is 9.69. The number of rotatable bonds is 13. The van der Waals surface area contributed by atoms with Gasteiger partial charge in [0.2, 0.25) is 12.3 Å². The van der Waals surface area contributed by atoms with Crippen LogP contribution in [0.1, 0.15) is 19.8 Å². The number of hydrogen-bond donors (Lipinski definition) is 4. The largest absolute Gasteiger partial charge is 0.493 e. The molecule has 0 aromatic heterocycles. The first kappa shape index (κ1) is 26.3. The Bertz CT molecular complexity index is 1220. The summed E-state index contributed by atoms with van der Waals surface area (Å²) in [7, 11) is -9.36. The van der Waals surface area contributed by atoms with E-state index in [9.17, 15) is 35.5 Å². The molecule has 0 aliphatic heterocycles. The van der Waals surface area contributed by atoms with Crippen LogP contribution in [0.25, 0.3) is 10.8 Å². The molecule has 0 atom stereocenters. The monoisotopic (exact) mass is 504 g/mol. The molecule has 182 valence electrons. The van der Waals surface area contributed by atoms with Crippen molar-refractivity contribution in [1.82, 2.24) is 10.6 Å². The zero-order chi connectivity index (χ0) is 24.6. The number of hydrogen-bond acceptors (Lipinski definition) is 8. The molecular weight excluding hydrogens is 480 g/mol. The van der Waals surface area contributed by atoms with Crippen LogP contribution in [0.3, 0.4) is 0 Å². The summed E-state index contributed by atoms with van der Waals surface area (Å²) < 4.78 is 77.2. The fourth-order valence-electron chi connectivity index (χ4n) is 2.84. The third-order valence-corrected chi connectivity index (χ3v) is 5.94. The van der Waals surface area contributed by atoms with Gasteiger partial charge in [-0.1, -0.05) is 0 Å². The Morgan fingerprint density at radius 3 is 1.82 bits per heavy atom. The van der Waals surface area contributed by atoms with Gasteiger partial charge in [-0.05, 0) is 30.4 Å². The second kappa shape index (κ2) is 11.3. The minimum atomic E-state index is -4.68. The maximum absolute atomic E-state index is 11.7. The van der Waals surface area contributed by atoms with Crippen molar-refractivity contribution in [3.63, 3.8) is 0 Å². The minimum absolute atomic E-state index is 0.0122. The molecule has 2 aromatic carbocycles. The summed E-state index contributed by atoms with van der Waals surface area (Å²) in [5.74, 6) is -0.276. The van der Waals surface area contributed by atoms with Crippen molar-refractivity contribution in [2.45, 2.75) is 29.6 Å². The Balaban J connectivity index is 2.53. The van der Waals surface area contributed by atoms with Crippen molar-refractivity contribution in [2.24, 2.45) is 0 Å². The van der Waals surface area contributed by atoms with Gasteiger partial charge in [0, 0.05) is 32.1 Å². The van der Waals surface area contributed by atoms with E-state index < -0.39 is 30.0 Å². The smallest absolute Gasteiger partial charge is 0.294 e. The minimum Gasteiger partial charge on any atom is -0.493 e. The maximum atomic E-state index is 11.7. The zero-order valence-corrected chi connectivity index (χ0v) is 19.2. The van der Waals surface area contributed by atoms with Gasteiger partial charge in [-0.25, -0.2) is 0 Å². The van der Waals surface area contributed by atoms with Crippen LogP contribution in [0, 0.1) is 0 Å². The number of nitrogens with one attached hydrogen (secondary N) is 2. The van der Waals surface area contributed by atoms with Gasteiger partial charge in [0.25, 0.3) is 20.2 Å². The number of fused-ring (bicyclic) bond motifs is 1. The van der Waals surface area contributed by atoms with E-state index in [1.54, 1.807) is 0 Å². The van der Waals surface area contributed by atoms with Gasteiger partial charge in [0.15, 0.2) is 0 Å². The highest BCUT2D eigenvalue weighted by Gasteiger charge is 2.21. The van der Waals surface area contributed by atoms with Crippen molar-refractivity contribution in [3.8, 4) is 11.5 Å². The average molecular weight is 505 g/mol. The highest BCUT2D eigenvalue weighted by molar-refractivity contribution is 7.86. The third-order valence-electron chi connectivity index (χ3n) is 4.28. The van der Waals surface area contributed by atoms with Crippen LogP contribution >= 0.6 is 0 Å². The molecule has 0 unspecified atom stereocenters. The van der Waals surface area contributed by atoms with E-state index >= 15 is 0 Å². The molecule has 33 heavy (non-hydrogen) atoms. The van der Waals surface area contributed by atoms with Crippen LogP contribution < -0.4 is 20.1 Å². The maximum Gasteiger partial charge on any atom is 0.294 e. The van der Waals surface area contributed by atoms with E-state index in [-0.39, 0.29) is 41.4 Å². The fourth-order valence-corrected chi connectivity index (χ4v) is 3.91. The molecule has 0 spiro atoms. The summed E-state index contributed by atoms with van der Waals surface area (Å²) >= 11 is 0. The highest BCUT2D eigenvalue weighted by atomic mass is 32.2. The fraction of sp³-hybridized carbons (Fsp3) is 0.368. The van der Waals surface area contributed by atoms with Crippen molar-refractivity contribution < 1.29 is 45.0 Å². The van der Waals surface area contributed by atoms with Crippen LogP contribution in [-0.2, 0) is 29.8 Å². The first-order valence-corrected chi connectivity index (χ1v) is 12.6. The van der Waals surface area contributed by atoms with Gasteiger partial charge in [-0.15, -0.1) is 0 Å². The molecular formula is C19H24N2O10S2. The number of ether oxygens (including phenoxy) is 2. The van der Waals surface area contributed by atoms with E-state index in [0.717, 1.165) is 24.3 Å². The predicted molar refractivity (Wildman–Crippen MR) is 117 cm³/mol. The van der Waals surface area contributed by atoms with Crippen LogP contribution in [-0.4, -0.2) is 64.6 Å². The molecule has 0 aliphatic carbocycles. The molecule has 14 heteroatoms. The Morgan fingerprint density at radius 1 is 0.909 bits per heavy atom. The van der Waals surface area contributed by atoms with Crippen molar-refractivity contribution >= 4 is 43.3 Å². The molecule has 0 saturated carbocycles. The Hall–Kier alpha value is -2.94. The summed E-state index contributed by atoms with van der Waals surface area (Å²) in [5.41, 5.74) is 0. The van der Waals surface area contributed by atoms with E-state index in [2.05, 4.69) is 10.6 Å². The van der Waals surface area contributed by atoms with Gasteiger partial charge in [-0.3, -0.25) is 18.7 Å². The van der Waals surface area contributed by atoms with Crippen molar-refractivity contribution in [3.05, 3.63) is 24.3 Å². The predicted octanol–water partition coefficient (Wildman–Crippen LogP) is 0.753. The lowest BCUT2D eigenvalue weighted by molar-refractivity contribution is -0.119. The molecule has 0 aliphatic rings. The number of carbonyl (C=O) groups is 2. The standard InChI is InChI=1S/C19H24N2O10S2/c1-13(23)21-5-3-7-31-18-11-16(33(27,28)29)9-14-8-15(32(24,25)26)10-17(19(14)18)30-6-2-4-20-12-22/h8-12H,2-7H2,1H3,(H,20,22)(H,21,23)(H,24,25,26)(H,27,28,29). The molecule has 4 N–H and O–H groups in total. The number of benzene rings is 2. The third kappa shape index (κ3) is 7.85. The second-order valence-electron chi connectivity index (χ2n) is 6.85. The van der Waals surface area contributed by atoms with Gasteiger partial charge in [0.1, 0.15) is 11.5 Å². The van der Waals surface area contributed by atoms with E-state index in [1.165, 1.54) is 6.92 Å². The van der Waals surface area contributed by atoms with Crippen LogP contribution in [0.4, 0.5) is 0 Å².